The summed E-state index contributed by atoms with van der Waals surface area (Å²) in [6.07, 6.45) is 0. The minimum absolute atomic E-state index is 0.401. The maximum atomic E-state index is 5.28. The molecule has 1 aliphatic carbocycles. The van der Waals surface area contributed by atoms with Crippen molar-refractivity contribution >= 4 is 42.3 Å². The summed E-state index contributed by atoms with van der Waals surface area (Å²) in [6, 6.07) is 61.1. The molecule has 4 heteroatoms. The molecule has 0 saturated heterocycles. The van der Waals surface area contributed by atoms with Gasteiger partial charge < -0.3 is 0 Å². The van der Waals surface area contributed by atoms with Crippen LogP contribution < -0.4 is 0 Å². The first kappa shape index (κ1) is 32.7. The van der Waals surface area contributed by atoms with Crippen LogP contribution in [0.2, 0.25) is 0 Å². The molecule has 3 nitrogen and oxygen atoms in total. The second-order valence-corrected chi connectivity index (χ2v) is 16.0. The Balaban J connectivity index is 1.10. The smallest absolute Gasteiger partial charge is 0.164 e. The van der Waals surface area contributed by atoms with Crippen molar-refractivity contribution in [2.45, 2.75) is 19.8 Å². The van der Waals surface area contributed by atoms with Gasteiger partial charge in [0.05, 0.1) is 0 Å². The molecule has 0 N–H and O–H groups in total. The molecule has 0 radical (unpaired) electrons. The van der Waals surface area contributed by atoms with Gasteiger partial charge >= 0.3 is 0 Å². The van der Waals surface area contributed by atoms with E-state index in [1.807, 2.05) is 29.5 Å². The average Bonchev–Trinajstić information content (AvgIpc) is 3.80. The molecular formula is C52H35N3S. The van der Waals surface area contributed by atoms with Crippen LogP contribution in [0.4, 0.5) is 0 Å². The largest absolute Gasteiger partial charge is 0.208 e. The number of thiophene rings is 1. The third kappa shape index (κ3) is 5.21. The Morgan fingerprint density at radius 2 is 1.00 bits per heavy atom. The van der Waals surface area contributed by atoms with Crippen molar-refractivity contribution < 1.29 is 0 Å². The summed E-state index contributed by atoms with van der Waals surface area (Å²) in [5, 5.41) is 5.00. The van der Waals surface area contributed by atoms with Gasteiger partial charge in [0, 0.05) is 36.9 Å². The van der Waals surface area contributed by atoms with Gasteiger partial charge in [0.1, 0.15) is 0 Å². The lowest BCUT2D eigenvalue weighted by Gasteiger charge is -2.14. The van der Waals surface area contributed by atoms with Crippen LogP contribution in [0.5, 0.6) is 0 Å². The lowest BCUT2D eigenvalue weighted by Crippen LogP contribution is -2.00. The van der Waals surface area contributed by atoms with Gasteiger partial charge in [-0.3, -0.25) is 0 Å². The van der Waals surface area contributed by atoms with Crippen LogP contribution in [0.1, 0.15) is 25.3 Å². The van der Waals surface area contributed by atoms with Gasteiger partial charge in [0.25, 0.3) is 0 Å². The average molecular weight is 734 g/mol. The van der Waals surface area contributed by atoms with Gasteiger partial charge in [0.2, 0.25) is 0 Å². The number of rotatable bonds is 6. The number of fused-ring (bicyclic) bond motifs is 6. The maximum Gasteiger partial charge on any atom is 0.164 e. The van der Waals surface area contributed by atoms with Crippen LogP contribution in [-0.2, 0) is 0 Å². The molecule has 0 bridgehead atoms. The first-order valence-corrected chi connectivity index (χ1v) is 20.0. The Kier molecular flexibility index (Phi) is 7.55. The molecule has 56 heavy (non-hydrogen) atoms. The van der Waals surface area contributed by atoms with Crippen molar-refractivity contribution in [3.8, 4) is 78.7 Å². The second kappa shape index (κ2) is 12.9. The van der Waals surface area contributed by atoms with Crippen LogP contribution >= 0.6 is 11.3 Å². The van der Waals surface area contributed by atoms with Crippen molar-refractivity contribution in [2.75, 3.05) is 0 Å². The van der Waals surface area contributed by atoms with Crippen molar-refractivity contribution in [2.24, 2.45) is 0 Å². The molecule has 2 aromatic heterocycles. The summed E-state index contributed by atoms with van der Waals surface area (Å²) in [5.74, 6) is 2.38. The monoisotopic (exact) mass is 733 g/mol. The Morgan fingerprint density at radius 3 is 1.86 bits per heavy atom. The summed E-state index contributed by atoms with van der Waals surface area (Å²) in [7, 11) is 0. The Labute approximate surface area is 329 Å². The van der Waals surface area contributed by atoms with E-state index in [1.165, 1.54) is 75.5 Å². The fraction of sp³-hybridized carbons (Fsp3) is 0.0577. The van der Waals surface area contributed by atoms with Crippen LogP contribution in [-0.4, -0.2) is 15.0 Å². The molecule has 1 aliphatic rings. The number of benzene rings is 8. The van der Waals surface area contributed by atoms with Crippen molar-refractivity contribution in [1.82, 2.24) is 15.0 Å². The van der Waals surface area contributed by atoms with E-state index in [4.69, 9.17) is 15.0 Å². The molecule has 264 valence electrons. The summed E-state index contributed by atoms with van der Waals surface area (Å²) in [6.45, 7) is 4.49. The molecular weight excluding hydrogens is 699 g/mol. The van der Waals surface area contributed by atoms with Gasteiger partial charge in [0.15, 0.2) is 17.5 Å². The van der Waals surface area contributed by atoms with Gasteiger partial charge in [-0.25, -0.2) is 15.0 Å². The highest BCUT2D eigenvalue weighted by atomic mass is 32.1. The lowest BCUT2D eigenvalue weighted by molar-refractivity contribution is 0.869. The number of hydrogen-bond acceptors (Lipinski definition) is 4. The highest BCUT2D eigenvalue weighted by Gasteiger charge is 2.25. The predicted molar refractivity (Wildman–Crippen MR) is 236 cm³/mol. The molecule has 0 amide bonds. The minimum atomic E-state index is 0.401. The van der Waals surface area contributed by atoms with Gasteiger partial charge in [-0.1, -0.05) is 159 Å². The standard InChI is InChI=1S/C52H35N3S/c1-31(2)37-19-6-7-20-38(37)34-17-8-18-36(29-34)51-53-50(33-13-4-3-5-14-33)54-52(55-51)43-25-12-26-46-49(43)44-30-35(27-28-45(44)56-46)39-21-11-23-41-40-22-9-15-32-16-10-24-42(47(32)40)48(39)41/h3-31H,1-2H3. The number of aromatic nitrogens is 3. The lowest BCUT2D eigenvalue weighted by atomic mass is 9.92. The third-order valence-corrected chi connectivity index (χ3v) is 12.4. The molecule has 0 fully saturated rings. The maximum absolute atomic E-state index is 5.28. The van der Waals surface area contributed by atoms with Gasteiger partial charge in [-0.05, 0) is 91.0 Å². The summed E-state index contributed by atoms with van der Waals surface area (Å²) in [5.41, 5.74) is 14.3. The van der Waals surface area contributed by atoms with E-state index < -0.39 is 0 Å². The molecule has 10 aromatic rings. The highest BCUT2D eigenvalue weighted by Crippen LogP contribution is 2.51. The van der Waals surface area contributed by atoms with E-state index in [9.17, 15) is 0 Å². The molecule has 0 saturated carbocycles. The Hall–Kier alpha value is -6.75. The molecule has 0 spiro atoms. The topological polar surface area (TPSA) is 38.7 Å². The molecule has 0 unspecified atom stereocenters. The van der Waals surface area contributed by atoms with Gasteiger partial charge in [-0.15, -0.1) is 11.3 Å². The van der Waals surface area contributed by atoms with Crippen molar-refractivity contribution in [3.63, 3.8) is 0 Å². The fourth-order valence-corrected chi connectivity index (χ4v) is 9.81. The van der Waals surface area contributed by atoms with E-state index >= 15 is 0 Å². The molecule has 2 heterocycles. The van der Waals surface area contributed by atoms with E-state index in [0.717, 1.165) is 22.3 Å². The van der Waals surface area contributed by atoms with E-state index in [1.54, 1.807) is 0 Å². The van der Waals surface area contributed by atoms with E-state index in [2.05, 4.69) is 166 Å². The number of nitrogens with zero attached hydrogens (tertiary/aromatic N) is 3. The Bertz CT molecular complexity index is 3170. The van der Waals surface area contributed by atoms with Crippen LogP contribution in [0.25, 0.3) is 110 Å². The normalized spacial score (nSPS) is 11.9. The Morgan fingerprint density at radius 1 is 0.393 bits per heavy atom. The fourth-order valence-electron chi connectivity index (χ4n) is 8.69. The molecule has 8 aromatic carbocycles. The van der Waals surface area contributed by atoms with Crippen molar-refractivity contribution in [1.29, 1.82) is 0 Å². The van der Waals surface area contributed by atoms with E-state index in [0.29, 0.717) is 23.4 Å². The quantitative estimate of drug-likeness (QED) is 0.171. The third-order valence-electron chi connectivity index (χ3n) is 11.3. The zero-order valence-corrected chi connectivity index (χ0v) is 31.8. The molecule has 11 rings (SSSR count). The second-order valence-electron chi connectivity index (χ2n) is 14.9. The first-order chi connectivity index (χ1) is 27.6. The van der Waals surface area contributed by atoms with Crippen LogP contribution in [0.3, 0.4) is 0 Å². The predicted octanol–water partition coefficient (Wildman–Crippen LogP) is 14.5. The SMILES string of the molecule is CC(C)c1ccccc1-c1cccc(-c2nc(-c3ccccc3)nc(-c3cccc4sc5ccc(-c6cccc7c6-c6cccc8cccc-7c68)cc5c34)n2)c1. The zero-order chi connectivity index (χ0) is 37.3. The van der Waals surface area contributed by atoms with Crippen molar-refractivity contribution in [3.05, 3.63) is 175 Å². The van der Waals surface area contributed by atoms with Crippen LogP contribution in [0.15, 0.2) is 170 Å². The summed E-state index contributed by atoms with van der Waals surface area (Å²) in [4.78, 5) is 15.6. The van der Waals surface area contributed by atoms with Gasteiger partial charge in [-0.2, -0.15) is 0 Å². The summed E-state index contributed by atoms with van der Waals surface area (Å²) >= 11 is 1.82. The molecule has 0 atom stereocenters. The summed E-state index contributed by atoms with van der Waals surface area (Å²) < 4.78 is 2.45. The van der Waals surface area contributed by atoms with E-state index in [-0.39, 0.29) is 0 Å². The number of hydrogen-bond donors (Lipinski definition) is 0. The minimum Gasteiger partial charge on any atom is -0.208 e. The first-order valence-electron chi connectivity index (χ1n) is 19.2. The molecule has 0 aliphatic heterocycles. The zero-order valence-electron chi connectivity index (χ0n) is 31.0. The van der Waals surface area contributed by atoms with Crippen LogP contribution in [0, 0.1) is 0 Å². The highest BCUT2D eigenvalue weighted by molar-refractivity contribution is 7.26.